The number of benzene rings is 1. The maximum absolute atomic E-state index is 10.7. The van der Waals surface area contributed by atoms with Gasteiger partial charge in [0, 0.05) is 18.2 Å². The molecular formula is C11H8N4O4. The lowest BCUT2D eigenvalue weighted by Gasteiger charge is -1.96. The average molecular weight is 260 g/mol. The molecule has 3 aromatic rings. The van der Waals surface area contributed by atoms with E-state index in [4.69, 9.17) is 4.52 Å². The highest BCUT2D eigenvalue weighted by Gasteiger charge is 2.18. The Hall–Kier alpha value is -2.90. The molecule has 96 valence electrons. The van der Waals surface area contributed by atoms with E-state index in [-0.39, 0.29) is 17.0 Å². The van der Waals surface area contributed by atoms with E-state index in [1.54, 1.807) is 13.0 Å². The molecule has 1 N–H and O–H groups in total. The number of aromatic nitrogens is 3. The van der Waals surface area contributed by atoms with Crippen molar-refractivity contribution in [3.05, 3.63) is 40.1 Å². The van der Waals surface area contributed by atoms with Crippen molar-refractivity contribution in [2.75, 3.05) is 0 Å². The number of fused-ring (bicyclic) bond motifs is 1. The molecular weight excluding hydrogens is 252 g/mol. The van der Waals surface area contributed by atoms with E-state index in [2.05, 4.69) is 10.1 Å². The lowest BCUT2D eigenvalue weighted by atomic mass is 10.3. The summed E-state index contributed by atoms with van der Waals surface area (Å²) in [7, 11) is 0. The molecule has 0 amide bonds. The van der Waals surface area contributed by atoms with Gasteiger partial charge in [-0.25, -0.2) is 4.98 Å². The SMILES string of the molecule is Cc1cc(-c2nc3ccc([N+](=O)[O-])cc3n2O)on1. The molecule has 3 rings (SSSR count). The molecule has 0 fully saturated rings. The van der Waals surface area contributed by atoms with Gasteiger partial charge in [-0.2, -0.15) is 4.73 Å². The van der Waals surface area contributed by atoms with Gasteiger partial charge < -0.3 is 9.73 Å². The average Bonchev–Trinajstić information content (AvgIpc) is 2.93. The number of non-ortho nitro benzene ring substituents is 1. The van der Waals surface area contributed by atoms with E-state index >= 15 is 0 Å². The van der Waals surface area contributed by atoms with Gasteiger partial charge >= 0.3 is 0 Å². The smallest absolute Gasteiger partial charge is 0.271 e. The lowest BCUT2D eigenvalue weighted by Crippen LogP contribution is -1.94. The van der Waals surface area contributed by atoms with E-state index in [9.17, 15) is 15.3 Å². The Morgan fingerprint density at radius 2 is 2.21 bits per heavy atom. The van der Waals surface area contributed by atoms with Crippen LogP contribution in [-0.4, -0.2) is 25.0 Å². The Bertz CT molecular complexity index is 789. The van der Waals surface area contributed by atoms with E-state index in [0.29, 0.717) is 17.0 Å². The van der Waals surface area contributed by atoms with Gasteiger partial charge in [0.1, 0.15) is 5.52 Å². The normalized spacial score (nSPS) is 11.0. The number of nitrogens with zero attached hydrogens (tertiary/aromatic N) is 4. The maximum atomic E-state index is 10.7. The van der Waals surface area contributed by atoms with Gasteiger partial charge in [0.25, 0.3) is 5.69 Å². The zero-order valence-electron chi connectivity index (χ0n) is 9.77. The summed E-state index contributed by atoms with van der Waals surface area (Å²) in [6.07, 6.45) is 0. The lowest BCUT2D eigenvalue weighted by molar-refractivity contribution is -0.384. The van der Waals surface area contributed by atoms with Crippen LogP contribution in [0.15, 0.2) is 28.8 Å². The fraction of sp³-hybridized carbons (Fsp3) is 0.0909. The summed E-state index contributed by atoms with van der Waals surface area (Å²) in [5.74, 6) is 0.440. The van der Waals surface area contributed by atoms with Crippen LogP contribution in [0.3, 0.4) is 0 Å². The van der Waals surface area contributed by atoms with Gasteiger partial charge in [-0.05, 0) is 13.0 Å². The first-order chi connectivity index (χ1) is 9.06. The van der Waals surface area contributed by atoms with Crippen LogP contribution < -0.4 is 0 Å². The molecule has 8 heteroatoms. The molecule has 0 unspecified atom stereocenters. The third kappa shape index (κ3) is 1.69. The predicted molar refractivity (Wildman–Crippen MR) is 63.8 cm³/mol. The van der Waals surface area contributed by atoms with Gasteiger partial charge in [0.15, 0.2) is 0 Å². The van der Waals surface area contributed by atoms with Crippen molar-refractivity contribution in [1.29, 1.82) is 0 Å². The minimum Gasteiger partial charge on any atom is -0.426 e. The summed E-state index contributed by atoms with van der Waals surface area (Å²) in [4.78, 5) is 14.3. The second-order valence-electron chi connectivity index (χ2n) is 4.01. The first-order valence-electron chi connectivity index (χ1n) is 5.36. The fourth-order valence-corrected chi connectivity index (χ4v) is 1.79. The van der Waals surface area contributed by atoms with Crippen LogP contribution in [0.2, 0.25) is 0 Å². The number of nitro benzene ring substituents is 1. The van der Waals surface area contributed by atoms with Crippen LogP contribution in [0.4, 0.5) is 5.69 Å². The van der Waals surface area contributed by atoms with Crippen LogP contribution in [0.25, 0.3) is 22.6 Å². The summed E-state index contributed by atoms with van der Waals surface area (Å²) >= 11 is 0. The zero-order valence-corrected chi connectivity index (χ0v) is 9.77. The highest BCUT2D eigenvalue weighted by molar-refractivity contribution is 5.81. The molecule has 19 heavy (non-hydrogen) atoms. The minimum absolute atomic E-state index is 0.122. The Kier molecular flexibility index (Phi) is 2.24. The third-order valence-electron chi connectivity index (χ3n) is 2.67. The van der Waals surface area contributed by atoms with Gasteiger partial charge in [0.05, 0.1) is 16.1 Å². The molecule has 8 nitrogen and oxygen atoms in total. The summed E-state index contributed by atoms with van der Waals surface area (Å²) < 4.78 is 5.76. The molecule has 2 heterocycles. The largest absolute Gasteiger partial charge is 0.426 e. The first kappa shape index (κ1) is 11.2. The Morgan fingerprint density at radius 1 is 1.42 bits per heavy atom. The summed E-state index contributed by atoms with van der Waals surface area (Å²) in [6.45, 7) is 1.74. The van der Waals surface area contributed by atoms with Crippen molar-refractivity contribution in [2.45, 2.75) is 6.92 Å². The van der Waals surface area contributed by atoms with Gasteiger partial charge in [-0.3, -0.25) is 10.1 Å². The predicted octanol–water partition coefficient (Wildman–Crippen LogP) is 2.15. The molecule has 0 aliphatic carbocycles. The Balaban J connectivity index is 2.23. The van der Waals surface area contributed by atoms with Crippen LogP contribution in [0, 0.1) is 17.0 Å². The maximum Gasteiger partial charge on any atom is 0.271 e. The summed E-state index contributed by atoms with van der Waals surface area (Å²) in [6, 6.07) is 5.65. The highest BCUT2D eigenvalue weighted by Crippen LogP contribution is 2.26. The molecule has 0 aliphatic rings. The molecule has 0 saturated carbocycles. The molecule has 0 aliphatic heterocycles. The van der Waals surface area contributed by atoms with Crippen molar-refractivity contribution in [3.63, 3.8) is 0 Å². The highest BCUT2D eigenvalue weighted by atomic mass is 16.6. The van der Waals surface area contributed by atoms with Crippen molar-refractivity contribution in [3.8, 4) is 11.6 Å². The van der Waals surface area contributed by atoms with Crippen molar-refractivity contribution in [1.82, 2.24) is 14.9 Å². The number of rotatable bonds is 2. The quantitative estimate of drug-likeness (QED) is 0.429. The van der Waals surface area contributed by atoms with E-state index in [1.807, 2.05) is 0 Å². The van der Waals surface area contributed by atoms with Gasteiger partial charge in [-0.1, -0.05) is 5.16 Å². The monoisotopic (exact) mass is 260 g/mol. The van der Waals surface area contributed by atoms with E-state index in [0.717, 1.165) is 4.73 Å². The summed E-state index contributed by atoms with van der Waals surface area (Å²) in [5, 5.41) is 24.4. The standard InChI is InChI=1S/C11H8N4O4/c1-6-4-10(19-13-6)11-12-8-3-2-7(15(17)18)5-9(8)14(11)16/h2-5,16H,1H3. The Labute approximate surface area is 106 Å². The van der Waals surface area contributed by atoms with Gasteiger partial charge in [0.2, 0.25) is 11.6 Å². The van der Waals surface area contributed by atoms with Crippen molar-refractivity contribution < 1.29 is 14.7 Å². The molecule has 1 aromatic carbocycles. The number of hydrogen-bond acceptors (Lipinski definition) is 6. The zero-order chi connectivity index (χ0) is 13.6. The topological polar surface area (TPSA) is 107 Å². The van der Waals surface area contributed by atoms with E-state index < -0.39 is 4.92 Å². The third-order valence-corrected chi connectivity index (χ3v) is 2.67. The Morgan fingerprint density at radius 3 is 2.84 bits per heavy atom. The number of aryl methyl sites for hydroxylation is 1. The molecule has 0 atom stereocenters. The molecule has 0 bridgehead atoms. The molecule has 2 aromatic heterocycles. The second kappa shape index (κ2) is 3.80. The summed E-state index contributed by atoms with van der Waals surface area (Å²) in [5.41, 5.74) is 1.19. The molecule has 0 saturated heterocycles. The number of imidazole rings is 1. The first-order valence-corrected chi connectivity index (χ1v) is 5.36. The number of hydrogen-bond donors (Lipinski definition) is 1. The van der Waals surface area contributed by atoms with Gasteiger partial charge in [-0.15, -0.1) is 0 Å². The fourth-order valence-electron chi connectivity index (χ4n) is 1.79. The van der Waals surface area contributed by atoms with Crippen molar-refractivity contribution >= 4 is 16.7 Å². The van der Waals surface area contributed by atoms with E-state index in [1.165, 1.54) is 18.2 Å². The second-order valence-corrected chi connectivity index (χ2v) is 4.01. The van der Waals surface area contributed by atoms with Crippen LogP contribution in [0.5, 0.6) is 0 Å². The van der Waals surface area contributed by atoms with Crippen LogP contribution in [0.1, 0.15) is 5.69 Å². The van der Waals surface area contributed by atoms with Crippen molar-refractivity contribution in [2.24, 2.45) is 0 Å². The van der Waals surface area contributed by atoms with Crippen LogP contribution in [-0.2, 0) is 0 Å². The minimum atomic E-state index is -0.537. The van der Waals surface area contributed by atoms with Crippen LogP contribution >= 0.6 is 0 Å². The molecule has 0 spiro atoms. The number of nitro groups is 1. The molecule has 0 radical (unpaired) electrons.